The molecule has 1 aliphatic carbocycles. The second-order valence-electron chi connectivity index (χ2n) is 5.34. The molecule has 2 aromatic rings. The third-order valence-electron chi connectivity index (χ3n) is 3.72. The highest BCUT2D eigenvalue weighted by Gasteiger charge is 2.25. The summed E-state index contributed by atoms with van der Waals surface area (Å²) in [5, 5.41) is 13.6. The largest absolute Gasteiger partial charge is 0.486 e. The van der Waals surface area contributed by atoms with Gasteiger partial charge in [0.05, 0.1) is 12.3 Å². The SMILES string of the molecule is Cc1ccc(-n2ncc(OC3CCCCC3)c2C(=O)O)o1. The topological polar surface area (TPSA) is 77.5 Å². The normalized spacial score (nSPS) is 16.0. The Hall–Kier alpha value is -2.24. The van der Waals surface area contributed by atoms with Gasteiger partial charge in [0.1, 0.15) is 5.76 Å². The minimum atomic E-state index is -1.08. The van der Waals surface area contributed by atoms with Gasteiger partial charge in [-0.1, -0.05) is 6.42 Å². The van der Waals surface area contributed by atoms with E-state index >= 15 is 0 Å². The highest BCUT2D eigenvalue weighted by atomic mass is 16.5. The van der Waals surface area contributed by atoms with Crippen molar-refractivity contribution in [2.75, 3.05) is 0 Å². The highest BCUT2D eigenvalue weighted by Crippen LogP contribution is 2.27. The van der Waals surface area contributed by atoms with Crippen LogP contribution in [0.25, 0.3) is 5.88 Å². The van der Waals surface area contributed by atoms with Gasteiger partial charge in [0.2, 0.25) is 5.88 Å². The lowest BCUT2D eigenvalue weighted by atomic mass is 9.98. The van der Waals surface area contributed by atoms with E-state index in [9.17, 15) is 9.90 Å². The summed E-state index contributed by atoms with van der Waals surface area (Å²) in [6.45, 7) is 1.80. The molecular weight excluding hydrogens is 272 g/mol. The van der Waals surface area contributed by atoms with E-state index in [1.807, 2.05) is 0 Å². The molecule has 112 valence electrons. The molecule has 21 heavy (non-hydrogen) atoms. The summed E-state index contributed by atoms with van der Waals surface area (Å²) in [5.74, 6) is 0.311. The van der Waals surface area contributed by atoms with Crippen LogP contribution in [-0.4, -0.2) is 27.0 Å². The first-order chi connectivity index (χ1) is 10.1. The van der Waals surface area contributed by atoms with Crippen molar-refractivity contribution in [3.63, 3.8) is 0 Å². The van der Waals surface area contributed by atoms with Gasteiger partial charge in [0, 0.05) is 6.07 Å². The summed E-state index contributed by atoms with van der Waals surface area (Å²) < 4.78 is 12.6. The van der Waals surface area contributed by atoms with Gasteiger partial charge in [-0.05, 0) is 38.7 Å². The molecule has 0 spiro atoms. The van der Waals surface area contributed by atoms with E-state index in [2.05, 4.69) is 5.10 Å². The van der Waals surface area contributed by atoms with Gasteiger partial charge in [-0.3, -0.25) is 0 Å². The Morgan fingerprint density at radius 1 is 1.38 bits per heavy atom. The molecule has 1 N–H and O–H groups in total. The summed E-state index contributed by atoms with van der Waals surface area (Å²) in [7, 11) is 0. The van der Waals surface area contributed by atoms with Gasteiger partial charge in [-0.25, -0.2) is 4.79 Å². The highest BCUT2D eigenvalue weighted by molar-refractivity contribution is 5.89. The molecule has 1 saturated carbocycles. The zero-order chi connectivity index (χ0) is 14.8. The van der Waals surface area contributed by atoms with E-state index in [0.29, 0.717) is 17.4 Å². The van der Waals surface area contributed by atoms with Crippen molar-refractivity contribution in [3.05, 3.63) is 29.8 Å². The van der Waals surface area contributed by atoms with Gasteiger partial charge >= 0.3 is 5.97 Å². The first kappa shape index (κ1) is 13.7. The number of ether oxygens (including phenoxy) is 1. The lowest BCUT2D eigenvalue weighted by Gasteiger charge is -2.22. The molecule has 1 aliphatic rings. The molecule has 0 saturated heterocycles. The van der Waals surface area contributed by atoms with Crippen molar-refractivity contribution in [2.24, 2.45) is 0 Å². The molecule has 0 unspecified atom stereocenters. The van der Waals surface area contributed by atoms with Crippen LogP contribution in [0, 0.1) is 6.92 Å². The van der Waals surface area contributed by atoms with Crippen LogP contribution in [0.2, 0.25) is 0 Å². The minimum absolute atomic E-state index is 0.00919. The second kappa shape index (κ2) is 5.63. The summed E-state index contributed by atoms with van der Waals surface area (Å²) in [6.07, 6.45) is 6.92. The Bertz CT molecular complexity index is 638. The summed E-state index contributed by atoms with van der Waals surface area (Å²) >= 11 is 0. The molecule has 0 amide bonds. The summed E-state index contributed by atoms with van der Waals surface area (Å²) in [6, 6.07) is 3.46. The number of rotatable bonds is 4. The first-order valence-electron chi connectivity index (χ1n) is 7.20. The molecule has 0 bridgehead atoms. The zero-order valence-electron chi connectivity index (χ0n) is 11.9. The first-order valence-corrected chi connectivity index (χ1v) is 7.20. The molecule has 0 aliphatic heterocycles. The van der Waals surface area contributed by atoms with Gasteiger partial charge in [0.15, 0.2) is 11.4 Å². The van der Waals surface area contributed by atoms with E-state index in [4.69, 9.17) is 9.15 Å². The zero-order valence-corrected chi connectivity index (χ0v) is 11.9. The van der Waals surface area contributed by atoms with Crippen LogP contribution in [0.1, 0.15) is 48.4 Å². The van der Waals surface area contributed by atoms with E-state index in [0.717, 1.165) is 25.7 Å². The van der Waals surface area contributed by atoms with Crippen LogP contribution < -0.4 is 4.74 Å². The second-order valence-corrected chi connectivity index (χ2v) is 5.34. The average molecular weight is 290 g/mol. The Kier molecular flexibility index (Phi) is 3.68. The molecule has 1 fully saturated rings. The Morgan fingerprint density at radius 2 is 2.14 bits per heavy atom. The van der Waals surface area contributed by atoms with Crippen LogP contribution in [0.15, 0.2) is 22.7 Å². The van der Waals surface area contributed by atoms with Crippen LogP contribution in [0.3, 0.4) is 0 Å². The minimum Gasteiger partial charge on any atom is -0.486 e. The number of furan rings is 1. The molecule has 0 atom stereocenters. The number of hydrogen-bond donors (Lipinski definition) is 1. The van der Waals surface area contributed by atoms with Gasteiger partial charge in [-0.15, -0.1) is 0 Å². The number of carbonyl (C=O) groups is 1. The molecule has 2 aromatic heterocycles. The van der Waals surface area contributed by atoms with E-state index in [1.54, 1.807) is 19.1 Å². The van der Waals surface area contributed by atoms with Gasteiger partial charge in [-0.2, -0.15) is 9.78 Å². The van der Waals surface area contributed by atoms with Crippen molar-refractivity contribution in [3.8, 4) is 11.6 Å². The molecular formula is C15H18N2O4. The number of hydrogen-bond acceptors (Lipinski definition) is 4. The number of nitrogens with zero attached hydrogens (tertiary/aromatic N) is 2. The van der Waals surface area contributed by atoms with Crippen molar-refractivity contribution in [1.82, 2.24) is 9.78 Å². The maximum atomic E-state index is 11.5. The molecule has 2 heterocycles. The monoisotopic (exact) mass is 290 g/mol. The number of aromatic nitrogens is 2. The van der Waals surface area contributed by atoms with Crippen molar-refractivity contribution >= 4 is 5.97 Å². The quantitative estimate of drug-likeness (QED) is 0.935. The van der Waals surface area contributed by atoms with E-state index in [-0.39, 0.29) is 11.8 Å². The predicted molar refractivity (Wildman–Crippen MR) is 75.0 cm³/mol. The van der Waals surface area contributed by atoms with Crippen molar-refractivity contribution < 1.29 is 19.1 Å². The smallest absolute Gasteiger partial charge is 0.358 e. The van der Waals surface area contributed by atoms with E-state index in [1.165, 1.54) is 17.3 Å². The van der Waals surface area contributed by atoms with Crippen molar-refractivity contribution in [1.29, 1.82) is 0 Å². The Labute approximate surface area is 122 Å². The number of aromatic carboxylic acids is 1. The van der Waals surface area contributed by atoms with Crippen LogP contribution in [0.5, 0.6) is 5.75 Å². The summed E-state index contributed by atoms with van der Waals surface area (Å²) in [4.78, 5) is 11.5. The molecule has 3 rings (SSSR count). The molecule has 6 heteroatoms. The van der Waals surface area contributed by atoms with Crippen LogP contribution in [-0.2, 0) is 0 Å². The van der Waals surface area contributed by atoms with Gasteiger partial charge < -0.3 is 14.3 Å². The van der Waals surface area contributed by atoms with Crippen molar-refractivity contribution in [2.45, 2.75) is 45.1 Å². The van der Waals surface area contributed by atoms with Crippen LogP contribution in [0.4, 0.5) is 0 Å². The van der Waals surface area contributed by atoms with Gasteiger partial charge in [0.25, 0.3) is 0 Å². The lowest BCUT2D eigenvalue weighted by Crippen LogP contribution is -2.21. The fourth-order valence-corrected chi connectivity index (χ4v) is 2.68. The Balaban J connectivity index is 1.90. The Morgan fingerprint density at radius 3 is 2.76 bits per heavy atom. The standard InChI is InChI=1S/C15H18N2O4/c1-10-7-8-13(20-10)17-14(15(18)19)12(9-16-17)21-11-5-3-2-4-6-11/h7-9,11H,2-6H2,1H3,(H,18,19). The maximum Gasteiger partial charge on any atom is 0.358 e. The lowest BCUT2D eigenvalue weighted by molar-refractivity contribution is 0.0674. The number of carboxylic acid groups (broad SMARTS) is 1. The third kappa shape index (κ3) is 2.79. The predicted octanol–water partition coefficient (Wildman–Crippen LogP) is 3.18. The maximum absolute atomic E-state index is 11.5. The third-order valence-corrected chi connectivity index (χ3v) is 3.72. The van der Waals surface area contributed by atoms with E-state index < -0.39 is 5.97 Å². The number of aryl methyl sites for hydroxylation is 1. The fourth-order valence-electron chi connectivity index (χ4n) is 2.68. The van der Waals surface area contributed by atoms with Crippen LogP contribution >= 0.6 is 0 Å². The molecule has 0 aromatic carbocycles. The average Bonchev–Trinajstić information content (AvgIpc) is 3.06. The molecule has 0 radical (unpaired) electrons. The fraction of sp³-hybridized carbons (Fsp3) is 0.467. The molecule has 6 nitrogen and oxygen atoms in total. The number of carboxylic acids is 1. The summed E-state index contributed by atoms with van der Waals surface area (Å²) in [5.41, 5.74) is 0.00919.